The lowest BCUT2D eigenvalue weighted by molar-refractivity contribution is -0.131. The SMILES string of the molecule is CCCCn1c(Cl)c(/C=C/C(=O)O)c2cc(CC)ccc21. The second-order valence-corrected chi connectivity index (χ2v) is 5.44. The summed E-state index contributed by atoms with van der Waals surface area (Å²) < 4.78 is 2.07. The molecule has 0 spiro atoms. The van der Waals surface area contributed by atoms with Crippen LogP contribution in [0.2, 0.25) is 5.15 Å². The molecule has 21 heavy (non-hydrogen) atoms. The normalized spacial score (nSPS) is 11.6. The van der Waals surface area contributed by atoms with Crippen molar-refractivity contribution in [2.75, 3.05) is 0 Å². The Morgan fingerprint density at radius 1 is 1.38 bits per heavy atom. The summed E-state index contributed by atoms with van der Waals surface area (Å²) in [5.74, 6) is -0.966. The third-order valence-electron chi connectivity index (χ3n) is 3.64. The van der Waals surface area contributed by atoms with Gasteiger partial charge in [0.05, 0.1) is 0 Å². The van der Waals surface area contributed by atoms with Gasteiger partial charge in [0.25, 0.3) is 0 Å². The lowest BCUT2D eigenvalue weighted by atomic mass is 10.1. The number of hydrogen-bond acceptors (Lipinski definition) is 1. The first-order valence-corrected chi connectivity index (χ1v) is 7.67. The minimum atomic E-state index is -0.966. The fourth-order valence-corrected chi connectivity index (χ4v) is 2.80. The van der Waals surface area contributed by atoms with E-state index in [-0.39, 0.29) is 0 Å². The Morgan fingerprint density at radius 3 is 2.76 bits per heavy atom. The third-order valence-corrected chi connectivity index (χ3v) is 4.04. The molecule has 0 fully saturated rings. The Balaban J connectivity index is 2.63. The molecule has 2 aromatic rings. The Bertz CT molecular complexity index is 686. The van der Waals surface area contributed by atoms with Crippen LogP contribution in [0.25, 0.3) is 17.0 Å². The zero-order valence-electron chi connectivity index (χ0n) is 12.4. The number of unbranched alkanes of at least 4 members (excludes halogenated alkanes) is 1. The molecule has 1 N–H and O–H groups in total. The lowest BCUT2D eigenvalue weighted by Crippen LogP contribution is -1.97. The van der Waals surface area contributed by atoms with Crippen molar-refractivity contribution < 1.29 is 9.90 Å². The van der Waals surface area contributed by atoms with Gasteiger partial charge in [-0.05, 0) is 36.6 Å². The van der Waals surface area contributed by atoms with Crippen molar-refractivity contribution in [3.05, 3.63) is 40.6 Å². The Morgan fingerprint density at radius 2 is 2.14 bits per heavy atom. The van der Waals surface area contributed by atoms with E-state index in [2.05, 4.69) is 36.6 Å². The number of nitrogens with zero attached hydrogens (tertiary/aromatic N) is 1. The monoisotopic (exact) mass is 305 g/mol. The topological polar surface area (TPSA) is 42.2 Å². The highest BCUT2D eigenvalue weighted by molar-refractivity contribution is 6.33. The highest BCUT2D eigenvalue weighted by atomic mass is 35.5. The van der Waals surface area contributed by atoms with Crippen molar-refractivity contribution in [1.82, 2.24) is 4.57 Å². The summed E-state index contributed by atoms with van der Waals surface area (Å²) in [7, 11) is 0. The molecule has 0 aliphatic heterocycles. The number of carbonyl (C=O) groups is 1. The zero-order valence-corrected chi connectivity index (χ0v) is 13.2. The molecule has 0 saturated carbocycles. The molecule has 4 heteroatoms. The van der Waals surface area contributed by atoms with Crippen molar-refractivity contribution in [3.8, 4) is 0 Å². The van der Waals surface area contributed by atoms with Crippen LogP contribution >= 0.6 is 11.6 Å². The fraction of sp³-hybridized carbons (Fsp3) is 0.353. The van der Waals surface area contributed by atoms with Crippen LogP contribution in [0.5, 0.6) is 0 Å². The smallest absolute Gasteiger partial charge is 0.328 e. The second kappa shape index (κ2) is 6.81. The summed E-state index contributed by atoms with van der Waals surface area (Å²) >= 11 is 6.49. The van der Waals surface area contributed by atoms with Crippen LogP contribution in [0.3, 0.4) is 0 Å². The summed E-state index contributed by atoms with van der Waals surface area (Å²) in [5, 5.41) is 10.5. The maximum absolute atomic E-state index is 10.8. The minimum absolute atomic E-state index is 0.615. The Kier molecular flexibility index (Phi) is 5.07. The van der Waals surface area contributed by atoms with Gasteiger partial charge in [-0.1, -0.05) is 37.9 Å². The molecule has 0 saturated heterocycles. The molecular formula is C17H20ClNO2. The first-order valence-electron chi connectivity index (χ1n) is 7.30. The predicted molar refractivity (Wildman–Crippen MR) is 87.9 cm³/mol. The number of halogens is 1. The summed E-state index contributed by atoms with van der Waals surface area (Å²) in [6.45, 7) is 5.09. The number of hydrogen-bond donors (Lipinski definition) is 1. The van der Waals surface area contributed by atoms with Gasteiger partial charge in [-0.25, -0.2) is 4.79 Å². The average molecular weight is 306 g/mol. The molecule has 1 aromatic carbocycles. The first kappa shape index (κ1) is 15.6. The van der Waals surface area contributed by atoms with Crippen molar-refractivity contribution in [2.24, 2.45) is 0 Å². The van der Waals surface area contributed by atoms with Gasteiger partial charge in [-0.3, -0.25) is 0 Å². The zero-order chi connectivity index (χ0) is 15.4. The van der Waals surface area contributed by atoms with Gasteiger partial charge in [0.2, 0.25) is 0 Å². The number of aliphatic carboxylic acids is 1. The first-order chi connectivity index (χ1) is 10.1. The molecule has 1 aromatic heterocycles. The van der Waals surface area contributed by atoms with E-state index < -0.39 is 5.97 Å². The molecule has 0 aliphatic rings. The van der Waals surface area contributed by atoms with Gasteiger partial charge in [-0.2, -0.15) is 0 Å². The number of aryl methyl sites for hydroxylation is 2. The number of rotatable bonds is 6. The van der Waals surface area contributed by atoms with Crippen LogP contribution in [0, 0.1) is 0 Å². The molecule has 0 bridgehead atoms. The molecule has 2 rings (SSSR count). The largest absolute Gasteiger partial charge is 0.478 e. The van der Waals surface area contributed by atoms with Gasteiger partial charge < -0.3 is 9.67 Å². The molecule has 0 aliphatic carbocycles. The predicted octanol–water partition coefficient (Wildman–Crippen LogP) is 4.76. The molecule has 0 atom stereocenters. The Hall–Kier alpha value is -1.74. The van der Waals surface area contributed by atoms with Crippen LogP contribution in [0.1, 0.15) is 37.8 Å². The van der Waals surface area contributed by atoms with Gasteiger partial charge in [0, 0.05) is 29.1 Å². The van der Waals surface area contributed by atoms with Crippen molar-refractivity contribution >= 4 is 34.5 Å². The van der Waals surface area contributed by atoms with Gasteiger partial charge >= 0.3 is 5.97 Å². The highest BCUT2D eigenvalue weighted by Crippen LogP contribution is 2.32. The number of aromatic nitrogens is 1. The summed E-state index contributed by atoms with van der Waals surface area (Å²) in [4.78, 5) is 10.8. The van der Waals surface area contributed by atoms with E-state index in [0.717, 1.165) is 48.3 Å². The van der Waals surface area contributed by atoms with Crippen LogP contribution in [-0.4, -0.2) is 15.6 Å². The van der Waals surface area contributed by atoms with E-state index >= 15 is 0 Å². The highest BCUT2D eigenvalue weighted by Gasteiger charge is 2.14. The van der Waals surface area contributed by atoms with Gasteiger partial charge in [0.1, 0.15) is 5.15 Å². The summed E-state index contributed by atoms with van der Waals surface area (Å²) in [6, 6.07) is 6.28. The lowest BCUT2D eigenvalue weighted by Gasteiger charge is -2.06. The third kappa shape index (κ3) is 3.30. The van der Waals surface area contributed by atoms with Crippen LogP contribution < -0.4 is 0 Å². The van der Waals surface area contributed by atoms with E-state index in [9.17, 15) is 4.79 Å². The van der Waals surface area contributed by atoms with E-state index in [4.69, 9.17) is 16.7 Å². The minimum Gasteiger partial charge on any atom is -0.478 e. The van der Waals surface area contributed by atoms with Crippen LogP contribution in [0.4, 0.5) is 0 Å². The van der Waals surface area contributed by atoms with E-state index in [1.54, 1.807) is 6.08 Å². The van der Waals surface area contributed by atoms with Crippen molar-refractivity contribution in [3.63, 3.8) is 0 Å². The summed E-state index contributed by atoms with van der Waals surface area (Å²) in [6.07, 6.45) is 5.80. The number of carboxylic acids is 1. The standard InChI is InChI=1S/C17H20ClNO2/c1-3-5-10-19-15-8-6-12(4-2)11-14(15)13(17(19)18)7-9-16(20)21/h6-9,11H,3-5,10H2,1-2H3,(H,20,21)/b9-7+. The molecule has 3 nitrogen and oxygen atoms in total. The number of carboxylic acid groups (broad SMARTS) is 1. The molecule has 0 unspecified atom stereocenters. The van der Waals surface area contributed by atoms with E-state index in [1.807, 2.05) is 0 Å². The van der Waals surface area contributed by atoms with E-state index in [0.29, 0.717) is 5.15 Å². The molecule has 0 radical (unpaired) electrons. The number of fused-ring (bicyclic) bond motifs is 1. The molecule has 112 valence electrons. The van der Waals surface area contributed by atoms with Gasteiger partial charge in [0.15, 0.2) is 0 Å². The molecular weight excluding hydrogens is 286 g/mol. The maximum atomic E-state index is 10.8. The average Bonchev–Trinajstić information content (AvgIpc) is 2.73. The van der Waals surface area contributed by atoms with Crippen molar-refractivity contribution in [2.45, 2.75) is 39.7 Å². The summed E-state index contributed by atoms with van der Waals surface area (Å²) in [5.41, 5.74) is 3.08. The van der Waals surface area contributed by atoms with Gasteiger partial charge in [-0.15, -0.1) is 0 Å². The van der Waals surface area contributed by atoms with Crippen LogP contribution in [0.15, 0.2) is 24.3 Å². The quantitative estimate of drug-likeness (QED) is 0.782. The molecule has 1 heterocycles. The second-order valence-electron chi connectivity index (χ2n) is 5.09. The Labute approximate surface area is 129 Å². The van der Waals surface area contributed by atoms with Crippen LogP contribution in [-0.2, 0) is 17.8 Å². The molecule has 0 amide bonds. The fourth-order valence-electron chi connectivity index (χ4n) is 2.46. The van der Waals surface area contributed by atoms with Crippen molar-refractivity contribution in [1.29, 1.82) is 0 Å². The maximum Gasteiger partial charge on any atom is 0.328 e. The number of benzene rings is 1. The van der Waals surface area contributed by atoms with E-state index in [1.165, 1.54) is 5.56 Å².